The van der Waals surface area contributed by atoms with E-state index in [4.69, 9.17) is 15.2 Å². The lowest BCUT2D eigenvalue weighted by Gasteiger charge is -2.10. The van der Waals surface area contributed by atoms with Gasteiger partial charge in [-0.15, -0.1) is 0 Å². The quantitative estimate of drug-likeness (QED) is 0.637. The van der Waals surface area contributed by atoms with E-state index in [9.17, 15) is 0 Å². The Morgan fingerprint density at radius 1 is 1.12 bits per heavy atom. The maximum atomic E-state index is 6.15. The van der Waals surface area contributed by atoms with Crippen molar-refractivity contribution < 1.29 is 9.47 Å². The van der Waals surface area contributed by atoms with E-state index in [0.717, 1.165) is 29.8 Å². The van der Waals surface area contributed by atoms with Gasteiger partial charge in [0.15, 0.2) is 0 Å². The first-order valence-electron chi connectivity index (χ1n) is 7.96. The lowest BCUT2D eigenvalue weighted by Crippen LogP contribution is -2.11. The average Bonchev–Trinajstić information content (AvgIpc) is 3.06. The van der Waals surface area contributed by atoms with Gasteiger partial charge in [0.05, 0.1) is 6.61 Å². The van der Waals surface area contributed by atoms with Gasteiger partial charge < -0.3 is 15.2 Å². The summed E-state index contributed by atoms with van der Waals surface area (Å²) in [6.07, 6.45) is 3.11. The van der Waals surface area contributed by atoms with Crippen molar-refractivity contribution in [2.75, 3.05) is 25.6 Å². The molecule has 0 atom stereocenters. The molecule has 0 unspecified atom stereocenters. The SMILES string of the molecule is Cc1nc2ncnn2c(N)c1CCCOCCOc1ccccc1. The number of aromatic nitrogens is 4. The van der Waals surface area contributed by atoms with Crippen LogP contribution in [0.3, 0.4) is 0 Å². The van der Waals surface area contributed by atoms with Crippen LogP contribution < -0.4 is 10.5 Å². The molecule has 126 valence electrons. The molecule has 24 heavy (non-hydrogen) atoms. The molecular formula is C17H21N5O2. The third-order valence-corrected chi connectivity index (χ3v) is 3.73. The highest BCUT2D eigenvalue weighted by atomic mass is 16.5. The van der Waals surface area contributed by atoms with E-state index in [1.807, 2.05) is 37.3 Å². The lowest BCUT2D eigenvalue weighted by molar-refractivity contribution is 0.0985. The van der Waals surface area contributed by atoms with Gasteiger partial charge in [-0.05, 0) is 31.9 Å². The largest absolute Gasteiger partial charge is 0.491 e. The van der Waals surface area contributed by atoms with E-state index >= 15 is 0 Å². The van der Waals surface area contributed by atoms with Crippen molar-refractivity contribution >= 4 is 11.6 Å². The third-order valence-electron chi connectivity index (χ3n) is 3.73. The second kappa shape index (κ2) is 7.74. The molecule has 2 heterocycles. The number of benzene rings is 1. The molecule has 2 aromatic heterocycles. The molecule has 1 aromatic carbocycles. The predicted molar refractivity (Wildman–Crippen MR) is 91.0 cm³/mol. The van der Waals surface area contributed by atoms with Crippen LogP contribution >= 0.6 is 0 Å². The van der Waals surface area contributed by atoms with E-state index < -0.39 is 0 Å². The van der Waals surface area contributed by atoms with Crippen molar-refractivity contribution in [3.8, 4) is 5.75 Å². The normalized spacial score (nSPS) is 11.0. The number of nitrogen functional groups attached to an aromatic ring is 1. The van der Waals surface area contributed by atoms with Crippen LogP contribution in [0.5, 0.6) is 5.75 Å². The van der Waals surface area contributed by atoms with Crippen LogP contribution in [0, 0.1) is 6.92 Å². The van der Waals surface area contributed by atoms with E-state index in [2.05, 4.69) is 15.1 Å². The zero-order valence-electron chi connectivity index (χ0n) is 13.7. The molecule has 0 radical (unpaired) electrons. The highest BCUT2D eigenvalue weighted by Gasteiger charge is 2.11. The van der Waals surface area contributed by atoms with E-state index in [0.29, 0.717) is 31.4 Å². The van der Waals surface area contributed by atoms with Crippen molar-refractivity contribution in [2.45, 2.75) is 19.8 Å². The standard InChI is InChI=1S/C17H21N5O2/c1-13-15(16(18)22-17(21-13)19-12-20-22)8-5-9-23-10-11-24-14-6-3-2-4-7-14/h2-4,6-7,12H,5,8-11,18H2,1H3. The van der Waals surface area contributed by atoms with Gasteiger partial charge in [-0.2, -0.15) is 14.6 Å². The van der Waals surface area contributed by atoms with Gasteiger partial charge >= 0.3 is 0 Å². The van der Waals surface area contributed by atoms with Crippen LogP contribution in [0.2, 0.25) is 0 Å². The van der Waals surface area contributed by atoms with E-state index in [-0.39, 0.29) is 0 Å². The number of rotatable bonds is 8. The summed E-state index contributed by atoms with van der Waals surface area (Å²) in [4.78, 5) is 8.47. The first kappa shape index (κ1) is 16.2. The predicted octanol–water partition coefficient (Wildman–Crippen LogP) is 2.04. The van der Waals surface area contributed by atoms with Crippen molar-refractivity contribution in [1.82, 2.24) is 19.6 Å². The summed E-state index contributed by atoms with van der Waals surface area (Å²) >= 11 is 0. The molecule has 7 nitrogen and oxygen atoms in total. The summed E-state index contributed by atoms with van der Waals surface area (Å²) in [6.45, 7) is 3.68. The molecule has 0 saturated heterocycles. The Morgan fingerprint density at radius 3 is 2.79 bits per heavy atom. The molecule has 0 aliphatic rings. The molecule has 7 heteroatoms. The summed E-state index contributed by atoms with van der Waals surface area (Å²) in [5.74, 6) is 1.99. The highest BCUT2D eigenvalue weighted by Crippen LogP contribution is 2.17. The summed E-state index contributed by atoms with van der Waals surface area (Å²) in [5.41, 5.74) is 8.04. The summed E-state index contributed by atoms with van der Waals surface area (Å²) in [6, 6.07) is 9.71. The fraction of sp³-hybridized carbons (Fsp3) is 0.353. The minimum atomic E-state index is 0.531. The fourth-order valence-corrected chi connectivity index (χ4v) is 2.51. The van der Waals surface area contributed by atoms with Crippen molar-refractivity contribution in [3.63, 3.8) is 0 Å². The highest BCUT2D eigenvalue weighted by molar-refractivity contribution is 5.49. The molecule has 2 N–H and O–H groups in total. The summed E-state index contributed by atoms with van der Waals surface area (Å²) in [7, 11) is 0. The van der Waals surface area contributed by atoms with E-state index in [1.54, 1.807) is 4.52 Å². The van der Waals surface area contributed by atoms with Crippen LogP contribution in [0.25, 0.3) is 5.78 Å². The summed E-state index contributed by atoms with van der Waals surface area (Å²) < 4.78 is 12.7. The molecule has 0 fully saturated rings. The topological polar surface area (TPSA) is 87.6 Å². The van der Waals surface area contributed by atoms with Gasteiger partial charge in [0.25, 0.3) is 5.78 Å². The molecule has 0 bridgehead atoms. The Balaban J connectivity index is 1.41. The van der Waals surface area contributed by atoms with Gasteiger partial charge in [0.1, 0.15) is 24.5 Å². The average molecular weight is 327 g/mol. The maximum Gasteiger partial charge on any atom is 0.254 e. The number of nitrogens with zero attached hydrogens (tertiary/aromatic N) is 4. The zero-order valence-corrected chi connectivity index (χ0v) is 13.7. The molecular weight excluding hydrogens is 306 g/mol. The van der Waals surface area contributed by atoms with Crippen LogP contribution in [0.4, 0.5) is 5.82 Å². The molecule has 3 aromatic rings. The Morgan fingerprint density at radius 2 is 1.96 bits per heavy atom. The lowest BCUT2D eigenvalue weighted by atomic mass is 10.1. The van der Waals surface area contributed by atoms with Crippen molar-refractivity contribution in [3.05, 3.63) is 47.9 Å². The number of hydrogen-bond donors (Lipinski definition) is 1. The van der Waals surface area contributed by atoms with Gasteiger partial charge in [0.2, 0.25) is 0 Å². The Labute approximate surface area is 140 Å². The van der Waals surface area contributed by atoms with Crippen molar-refractivity contribution in [1.29, 1.82) is 0 Å². The zero-order chi connectivity index (χ0) is 16.8. The van der Waals surface area contributed by atoms with Gasteiger partial charge in [-0.1, -0.05) is 18.2 Å². The molecule has 3 rings (SSSR count). The number of para-hydroxylation sites is 1. The molecule has 0 saturated carbocycles. The second-order valence-electron chi connectivity index (χ2n) is 5.41. The van der Waals surface area contributed by atoms with Gasteiger partial charge in [0, 0.05) is 17.9 Å². The fourth-order valence-electron chi connectivity index (χ4n) is 2.51. The Kier molecular flexibility index (Phi) is 5.22. The van der Waals surface area contributed by atoms with Crippen molar-refractivity contribution in [2.24, 2.45) is 0 Å². The van der Waals surface area contributed by atoms with Gasteiger partial charge in [-0.25, -0.2) is 4.98 Å². The minimum Gasteiger partial charge on any atom is -0.491 e. The van der Waals surface area contributed by atoms with Crippen LogP contribution in [-0.4, -0.2) is 39.4 Å². The van der Waals surface area contributed by atoms with Crippen LogP contribution in [0.15, 0.2) is 36.7 Å². The third kappa shape index (κ3) is 3.80. The number of anilines is 1. The molecule has 0 spiro atoms. The smallest absolute Gasteiger partial charge is 0.254 e. The number of nitrogens with two attached hydrogens (primary N) is 1. The minimum absolute atomic E-state index is 0.531. The molecule has 0 aliphatic heterocycles. The molecule has 0 amide bonds. The second-order valence-corrected chi connectivity index (χ2v) is 5.41. The summed E-state index contributed by atoms with van der Waals surface area (Å²) in [5, 5.41) is 4.09. The van der Waals surface area contributed by atoms with Crippen LogP contribution in [0.1, 0.15) is 17.7 Å². The number of aryl methyl sites for hydroxylation is 1. The first-order valence-corrected chi connectivity index (χ1v) is 7.96. The maximum absolute atomic E-state index is 6.15. The Bertz CT molecular complexity index is 788. The number of ether oxygens (including phenoxy) is 2. The number of hydrogen-bond acceptors (Lipinski definition) is 6. The first-order chi connectivity index (χ1) is 11.8. The molecule has 0 aliphatic carbocycles. The monoisotopic (exact) mass is 327 g/mol. The van der Waals surface area contributed by atoms with Gasteiger partial charge in [-0.3, -0.25) is 0 Å². The van der Waals surface area contributed by atoms with E-state index in [1.165, 1.54) is 6.33 Å². The number of fused-ring (bicyclic) bond motifs is 1. The van der Waals surface area contributed by atoms with Crippen LogP contribution in [-0.2, 0) is 11.2 Å². The Hall–Kier alpha value is -2.67.